The molecule has 2 bridgehead atoms. The van der Waals surface area contributed by atoms with Gasteiger partial charge in [0.15, 0.2) is 17.2 Å². The molecule has 2 aromatic rings. The third-order valence-corrected chi connectivity index (χ3v) is 4.89. The Morgan fingerprint density at radius 1 is 1.27 bits per heavy atom. The largest absolute Gasteiger partial charge is 0.497 e. The number of methoxy groups -OCH3 is 1. The van der Waals surface area contributed by atoms with Crippen LogP contribution in [0.25, 0.3) is 0 Å². The van der Waals surface area contributed by atoms with Gasteiger partial charge in [-0.25, -0.2) is 4.79 Å². The minimum Gasteiger partial charge on any atom is -0.497 e. The van der Waals surface area contributed by atoms with E-state index in [2.05, 4.69) is 5.32 Å². The summed E-state index contributed by atoms with van der Waals surface area (Å²) in [6, 6.07) is 12.9. The number of urea groups is 1. The van der Waals surface area contributed by atoms with Gasteiger partial charge in [-0.1, -0.05) is 12.1 Å². The van der Waals surface area contributed by atoms with E-state index < -0.39 is 5.72 Å². The zero-order valence-electron chi connectivity index (χ0n) is 15.1. The summed E-state index contributed by atoms with van der Waals surface area (Å²) in [6.07, 6.45) is 0.646. The van der Waals surface area contributed by atoms with Crippen molar-refractivity contribution < 1.29 is 19.0 Å². The van der Waals surface area contributed by atoms with E-state index in [0.29, 0.717) is 24.5 Å². The number of amides is 2. The highest BCUT2D eigenvalue weighted by atomic mass is 16.5. The van der Waals surface area contributed by atoms with Gasteiger partial charge in [-0.05, 0) is 44.2 Å². The molecule has 2 heterocycles. The lowest BCUT2D eigenvalue weighted by Gasteiger charge is -2.50. The maximum Gasteiger partial charge on any atom is 0.325 e. The van der Waals surface area contributed by atoms with E-state index in [9.17, 15) is 4.79 Å². The molecule has 4 rings (SSSR count). The lowest BCUT2D eigenvalue weighted by Crippen LogP contribution is -2.65. The monoisotopic (exact) mass is 354 g/mol. The first kappa shape index (κ1) is 16.6. The van der Waals surface area contributed by atoms with Gasteiger partial charge in [0.25, 0.3) is 0 Å². The number of anilines is 1. The fraction of sp³-hybridized carbons (Fsp3) is 0.350. The minimum absolute atomic E-state index is 0.105. The molecule has 0 unspecified atom stereocenters. The highest BCUT2D eigenvalue weighted by Gasteiger charge is 2.50. The molecule has 0 aromatic heterocycles. The molecular weight excluding hydrogens is 332 g/mol. The van der Waals surface area contributed by atoms with Gasteiger partial charge in [-0.2, -0.15) is 0 Å². The molecule has 0 spiro atoms. The molecule has 2 aliphatic heterocycles. The fourth-order valence-corrected chi connectivity index (χ4v) is 3.75. The number of ether oxygens (including phenoxy) is 3. The van der Waals surface area contributed by atoms with E-state index in [4.69, 9.17) is 14.2 Å². The number of benzene rings is 2. The summed E-state index contributed by atoms with van der Waals surface area (Å²) >= 11 is 0. The quantitative estimate of drug-likeness (QED) is 0.906. The molecule has 0 radical (unpaired) electrons. The van der Waals surface area contributed by atoms with Gasteiger partial charge in [0.2, 0.25) is 0 Å². The molecule has 2 aromatic carbocycles. The number of carbonyl (C=O) groups is 1. The number of rotatable bonds is 4. The first-order valence-electron chi connectivity index (χ1n) is 8.75. The highest BCUT2D eigenvalue weighted by molar-refractivity contribution is 5.95. The third-order valence-electron chi connectivity index (χ3n) is 4.89. The summed E-state index contributed by atoms with van der Waals surface area (Å²) in [4.78, 5) is 14.5. The summed E-state index contributed by atoms with van der Waals surface area (Å²) in [5.41, 5.74) is 0.902. The molecule has 0 aliphatic carbocycles. The van der Waals surface area contributed by atoms with E-state index in [1.165, 1.54) is 0 Å². The Bertz CT molecular complexity index is 836. The van der Waals surface area contributed by atoms with Crippen molar-refractivity contribution in [1.82, 2.24) is 5.32 Å². The molecule has 26 heavy (non-hydrogen) atoms. The van der Waals surface area contributed by atoms with Gasteiger partial charge < -0.3 is 19.5 Å². The van der Waals surface area contributed by atoms with Crippen molar-refractivity contribution in [3.8, 4) is 17.2 Å². The molecule has 136 valence electrons. The molecule has 0 saturated carbocycles. The van der Waals surface area contributed by atoms with Gasteiger partial charge in [0.05, 0.1) is 19.8 Å². The second-order valence-electron chi connectivity index (χ2n) is 6.62. The van der Waals surface area contributed by atoms with Gasteiger partial charge in [-0.15, -0.1) is 0 Å². The van der Waals surface area contributed by atoms with Crippen molar-refractivity contribution in [2.24, 2.45) is 0 Å². The SMILES string of the molecule is CCOc1cccc2c1O[C@]1(C)C[C@H]2NC(=O)N1c1ccc(OC)cc1. The summed E-state index contributed by atoms with van der Waals surface area (Å²) in [6.45, 7) is 4.43. The van der Waals surface area contributed by atoms with Crippen molar-refractivity contribution in [2.45, 2.75) is 32.0 Å². The zero-order chi connectivity index (χ0) is 18.3. The van der Waals surface area contributed by atoms with Crippen LogP contribution in [0, 0.1) is 0 Å². The van der Waals surface area contributed by atoms with Gasteiger partial charge in [0, 0.05) is 17.7 Å². The molecule has 1 N–H and O–H groups in total. The number of fused-ring (bicyclic) bond motifs is 4. The predicted molar refractivity (Wildman–Crippen MR) is 98.0 cm³/mol. The van der Waals surface area contributed by atoms with Crippen LogP contribution in [0.2, 0.25) is 0 Å². The normalized spacial score (nSPS) is 23.6. The second kappa shape index (κ2) is 6.12. The predicted octanol–water partition coefficient (Wildman–Crippen LogP) is 3.86. The molecule has 6 nitrogen and oxygen atoms in total. The van der Waals surface area contributed by atoms with Crippen LogP contribution >= 0.6 is 0 Å². The number of nitrogens with zero attached hydrogens (tertiary/aromatic N) is 1. The van der Waals surface area contributed by atoms with Crippen LogP contribution in [0.4, 0.5) is 10.5 Å². The summed E-state index contributed by atoms with van der Waals surface area (Å²) in [5, 5.41) is 3.10. The third kappa shape index (κ3) is 2.53. The number of carbonyl (C=O) groups excluding carboxylic acids is 1. The molecule has 1 fully saturated rings. The molecule has 2 atom stereocenters. The van der Waals surface area contributed by atoms with Crippen molar-refractivity contribution in [3.05, 3.63) is 48.0 Å². The van der Waals surface area contributed by atoms with Crippen molar-refractivity contribution in [3.63, 3.8) is 0 Å². The van der Waals surface area contributed by atoms with Crippen molar-refractivity contribution in [2.75, 3.05) is 18.6 Å². The lowest BCUT2D eigenvalue weighted by molar-refractivity contribution is 0.0343. The smallest absolute Gasteiger partial charge is 0.325 e. The molecule has 2 aliphatic rings. The average molecular weight is 354 g/mol. The summed E-state index contributed by atoms with van der Waals surface area (Å²) in [7, 11) is 1.62. The van der Waals surface area contributed by atoms with Crippen LogP contribution in [0.15, 0.2) is 42.5 Å². The number of hydrogen-bond acceptors (Lipinski definition) is 4. The lowest BCUT2D eigenvalue weighted by atomic mass is 9.90. The fourth-order valence-electron chi connectivity index (χ4n) is 3.75. The Labute approximate surface area is 152 Å². The Morgan fingerprint density at radius 3 is 2.73 bits per heavy atom. The number of para-hydroxylation sites is 1. The van der Waals surface area contributed by atoms with Crippen LogP contribution in [0.1, 0.15) is 31.9 Å². The Balaban J connectivity index is 1.76. The van der Waals surface area contributed by atoms with E-state index in [1.807, 2.05) is 56.3 Å². The number of nitrogens with one attached hydrogen (secondary N) is 1. The topological polar surface area (TPSA) is 60.0 Å². The van der Waals surface area contributed by atoms with Crippen molar-refractivity contribution in [1.29, 1.82) is 0 Å². The molecule has 2 amide bonds. The summed E-state index contributed by atoms with van der Waals surface area (Å²) < 4.78 is 17.3. The summed E-state index contributed by atoms with van der Waals surface area (Å²) in [5.74, 6) is 2.14. The maximum atomic E-state index is 12.9. The van der Waals surface area contributed by atoms with Crippen LogP contribution < -0.4 is 24.4 Å². The van der Waals surface area contributed by atoms with Crippen LogP contribution in [0.3, 0.4) is 0 Å². The molecular formula is C20H22N2O4. The standard InChI is InChI=1S/C20H22N2O4/c1-4-25-17-7-5-6-15-16-12-20(2,26-18(15)17)22(19(23)21-16)13-8-10-14(24-3)11-9-13/h5-11,16H,4,12H2,1-3H3,(H,21,23)/t16-,20-/m1/s1. The first-order valence-corrected chi connectivity index (χ1v) is 8.75. The second-order valence-corrected chi connectivity index (χ2v) is 6.62. The highest BCUT2D eigenvalue weighted by Crippen LogP contribution is 2.49. The van der Waals surface area contributed by atoms with Crippen molar-refractivity contribution >= 4 is 11.7 Å². The van der Waals surface area contributed by atoms with E-state index >= 15 is 0 Å². The number of hydrogen-bond donors (Lipinski definition) is 1. The van der Waals surface area contributed by atoms with Crippen LogP contribution in [0.5, 0.6) is 17.2 Å². The maximum absolute atomic E-state index is 12.9. The Kier molecular flexibility index (Phi) is 3.90. The average Bonchev–Trinajstić information content (AvgIpc) is 2.62. The first-order chi connectivity index (χ1) is 12.6. The van der Waals surface area contributed by atoms with Crippen LogP contribution in [-0.2, 0) is 0 Å². The van der Waals surface area contributed by atoms with Gasteiger partial charge >= 0.3 is 6.03 Å². The Morgan fingerprint density at radius 2 is 2.04 bits per heavy atom. The van der Waals surface area contributed by atoms with Gasteiger partial charge in [-0.3, -0.25) is 4.90 Å². The van der Waals surface area contributed by atoms with Crippen LogP contribution in [-0.4, -0.2) is 25.5 Å². The van der Waals surface area contributed by atoms with E-state index in [0.717, 1.165) is 17.0 Å². The Hall–Kier alpha value is -2.89. The minimum atomic E-state index is -0.804. The molecule has 6 heteroatoms. The zero-order valence-corrected chi connectivity index (χ0v) is 15.1. The van der Waals surface area contributed by atoms with E-state index in [1.54, 1.807) is 12.0 Å². The van der Waals surface area contributed by atoms with Gasteiger partial charge in [0.1, 0.15) is 5.75 Å². The van der Waals surface area contributed by atoms with E-state index in [-0.39, 0.29) is 12.1 Å². The molecule has 1 saturated heterocycles.